The van der Waals surface area contributed by atoms with Crippen molar-refractivity contribution in [2.75, 3.05) is 31.6 Å². The number of anilines is 1. The van der Waals surface area contributed by atoms with Gasteiger partial charge in [-0.15, -0.1) is 11.3 Å². The van der Waals surface area contributed by atoms with E-state index < -0.39 is 0 Å². The highest BCUT2D eigenvalue weighted by atomic mass is 32.1. The molecular formula is C17H19N3O2S. The predicted molar refractivity (Wildman–Crippen MR) is 89.6 cm³/mol. The average Bonchev–Trinajstić information content (AvgIpc) is 3.13. The van der Waals surface area contributed by atoms with E-state index >= 15 is 0 Å². The number of piperidine rings is 1. The van der Waals surface area contributed by atoms with Crippen LogP contribution in [0.15, 0.2) is 41.9 Å². The van der Waals surface area contributed by atoms with Crippen LogP contribution in [0.25, 0.3) is 0 Å². The number of carbonyl (C=O) groups is 1. The van der Waals surface area contributed by atoms with Crippen LogP contribution in [-0.4, -0.2) is 48.6 Å². The minimum absolute atomic E-state index is 0.0489. The molecule has 0 aliphatic carbocycles. The van der Waals surface area contributed by atoms with Crippen molar-refractivity contribution in [3.05, 3.63) is 47.5 Å². The van der Waals surface area contributed by atoms with Crippen LogP contribution in [0.4, 0.5) is 5.13 Å². The van der Waals surface area contributed by atoms with Gasteiger partial charge in [-0.1, -0.05) is 30.3 Å². The Morgan fingerprint density at radius 3 is 2.91 bits per heavy atom. The van der Waals surface area contributed by atoms with E-state index in [4.69, 9.17) is 4.74 Å². The van der Waals surface area contributed by atoms with Crippen LogP contribution in [-0.2, 0) is 15.1 Å². The molecule has 1 amide bonds. The summed E-state index contributed by atoms with van der Waals surface area (Å²) in [5.41, 5.74) is 0.768. The van der Waals surface area contributed by atoms with Gasteiger partial charge in [0.25, 0.3) is 0 Å². The first-order chi connectivity index (χ1) is 11.2. The van der Waals surface area contributed by atoms with Crippen molar-refractivity contribution in [3.63, 3.8) is 0 Å². The zero-order valence-corrected chi connectivity index (χ0v) is 13.8. The van der Waals surface area contributed by atoms with Crippen molar-refractivity contribution in [2.24, 2.45) is 0 Å². The number of carbonyl (C=O) groups excluding carboxylic acids is 1. The fraction of sp³-hybridized carbons (Fsp3) is 0.412. The maximum Gasteiger partial charge on any atom is 0.249 e. The first kappa shape index (κ1) is 14.7. The molecule has 2 aliphatic rings. The van der Waals surface area contributed by atoms with Gasteiger partial charge in [0.2, 0.25) is 5.91 Å². The first-order valence-electron chi connectivity index (χ1n) is 7.80. The molecule has 1 aromatic heterocycles. The molecule has 23 heavy (non-hydrogen) atoms. The molecule has 2 aliphatic heterocycles. The van der Waals surface area contributed by atoms with Gasteiger partial charge < -0.3 is 14.5 Å². The highest BCUT2D eigenvalue weighted by molar-refractivity contribution is 7.13. The molecule has 4 rings (SSSR count). The van der Waals surface area contributed by atoms with Gasteiger partial charge in [0.1, 0.15) is 12.7 Å². The lowest BCUT2D eigenvalue weighted by Gasteiger charge is -2.54. The van der Waals surface area contributed by atoms with Crippen LogP contribution in [0.3, 0.4) is 0 Å². The summed E-state index contributed by atoms with van der Waals surface area (Å²) in [7, 11) is 1.91. The first-order valence-corrected chi connectivity index (χ1v) is 8.68. The van der Waals surface area contributed by atoms with Crippen LogP contribution in [0, 0.1) is 0 Å². The van der Waals surface area contributed by atoms with Crippen molar-refractivity contribution in [1.29, 1.82) is 0 Å². The van der Waals surface area contributed by atoms with Crippen molar-refractivity contribution in [1.82, 2.24) is 9.88 Å². The molecule has 120 valence electrons. The van der Waals surface area contributed by atoms with Gasteiger partial charge in [-0.2, -0.15) is 0 Å². The molecule has 6 heteroatoms. The third-order valence-corrected chi connectivity index (χ3v) is 5.86. The summed E-state index contributed by atoms with van der Waals surface area (Å²) in [6.45, 7) is 1.77. The van der Waals surface area contributed by atoms with Gasteiger partial charge >= 0.3 is 0 Å². The summed E-state index contributed by atoms with van der Waals surface area (Å²) in [5.74, 6) is 0.0489. The maximum atomic E-state index is 12.3. The number of fused-ring (bicyclic) bond motifs is 1. The van der Waals surface area contributed by atoms with Gasteiger partial charge in [-0.25, -0.2) is 4.98 Å². The van der Waals surface area contributed by atoms with E-state index in [2.05, 4.69) is 22.0 Å². The van der Waals surface area contributed by atoms with Crippen LogP contribution in [0.2, 0.25) is 0 Å². The molecule has 0 unspecified atom stereocenters. The third-order valence-electron chi connectivity index (χ3n) is 5.03. The quantitative estimate of drug-likeness (QED) is 0.846. The molecule has 3 heterocycles. The second kappa shape index (κ2) is 5.62. The van der Waals surface area contributed by atoms with E-state index in [0.717, 1.165) is 30.2 Å². The number of aromatic nitrogens is 1. The van der Waals surface area contributed by atoms with Gasteiger partial charge in [0, 0.05) is 31.7 Å². The molecule has 0 radical (unpaired) electrons. The second-order valence-corrected chi connectivity index (χ2v) is 6.93. The zero-order chi connectivity index (χ0) is 15.9. The summed E-state index contributed by atoms with van der Waals surface area (Å²) >= 11 is 1.64. The second-order valence-electron chi connectivity index (χ2n) is 6.05. The average molecular weight is 329 g/mol. The lowest BCUT2D eigenvalue weighted by atomic mass is 9.76. The lowest BCUT2D eigenvalue weighted by Crippen LogP contribution is -2.67. The molecule has 2 aromatic rings. The Morgan fingerprint density at radius 1 is 1.35 bits per heavy atom. The highest BCUT2D eigenvalue weighted by Crippen LogP contribution is 2.43. The standard InChI is InChI=1S/C17H19N3O2S/c1-19-15(21)12-22-14-11-20(16-18-8-10-23-16)9-7-17(14,19)13-5-3-2-4-6-13/h2-6,8,10,14H,7,9,11-12H2,1H3/t14-,17+/m1/s1. The van der Waals surface area contributed by atoms with Gasteiger partial charge in [0.15, 0.2) is 5.13 Å². The summed E-state index contributed by atoms with van der Waals surface area (Å²) in [5, 5.41) is 3.01. The summed E-state index contributed by atoms with van der Waals surface area (Å²) in [6.07, 6.45) is 2.62. The number of likely N-dealkylation sites (N-methyl/N-ethyl adjacent to an activating group) is 1. The van der Waals surface area contributed by atoms with E-state index in [0.29, 0.717) is 0 Å². The number of thiazole rings is 1. The fourth-order valence-corrected chi connectivity index (χ4v) is 4.45. The smallest absolute Gasteiger partial charge is 0.249 e. The Hall–Kier alpha value is -1.92. The number of nitrogens with zero attached hydrogens (tertiary/aromatic N) is 3. The van der Waals surface area contributed by atoms with E-state index in [1.807, 2.05) is 41.7 Å². The number of hydrogen-bond donors (Lipinski definition) is 0. The Labute approximate surface area is 139 Å². The minimum atomic E-state index is -0.385. The Balaban J connectivity index is 1.72. The molecule has 2 saturated heterocycles. The van der Waals surface area contributed by atoms with E-state index in [-0.39, 0.29) is 24.2 Å². The van der Waals surface area contributed by atoms with E-state index in [1.54, 1.807) is 11.3 Å². The van der Waals surface area contributed by atoms with E-state index in [9.17, 15) is 4.79 Å². The Morgan fingerprint density at radius 2 is 2.17 bits per heavy atom. The van der Waals surface area contributed by atoms with Gasteiger partial charge in [-0.05, 0) is 12.0 Å². The number of benzene rings is 1. The number of ether oxygens (including phenoxy) is 1. The van der Waals surface area contributed by atoms with Gasteiger partial charge in [0.05, 0.1) is 5.54 Å². The topological polar surface area (TPSA) is 45.7 Å². The minimum Gasteiger partial charge on any atom is -0.364 e. The van der Waals surface area contributed by atoms with Crippen LogP contribution >= 0.6 is 11.3 Å². The normalized spacial score (nSPS) is 27.9. The third kappa shape index (κ3) is 2.24. The van der Waals surface area contributed by atoms with Gasteiger partial charge in [-0.3, -0.25) is 4.79 Å². The SMILES string of the molecule is CN1C(=O)CO[C@@H]2CN(c3nccs3)CC[C@]21c1ccccc1. The molecule has 0 saturated carbocycles. The zero-order valence-electron chi connectivity index (χ0n) is 13.0. The number of morpholine rings is 1. The summed E-state index contributed by atoms with van der Waals surface area (Å²) in [6, 6.07) is 10.3. The molecule has 0 spiro atoms. The number of hydrogen-bond acceptors (Lipinski definition) is 5. The fourth-order valence-electron chi connectivity index (χ4n) is 3.77. The van der Waals surface area contributed by atoms with Crippen molar-refractivity contribution < 1.29 is 9.53 Å². The molecule has 5 nitrogen and oxygen atoms in total. The number of rotatable bonds is 2. The highest BCUT2D eigenvalue weighted by Gasteiger charge is 2.52. The molecular weight excluding hydrogens is 310 g/mol. The van der Waals surface area contributed by atoms with E-state index in [1.165, 1.54) is 0 Å². The predicted octanol–water partition coefficient (Wildman–Crippen LogP) is 2.11. The lowest BCUT2D eigenvalue weighted by molar-refractivity contribution is -0.173. The molecule has 2 fully saturated rings. The van der Waals surface area contributed by atoms with Crippen LogP contribution in [0.5, 0.6) is 0 Å². The monoisotopic (exact) mass is 329 g/mol. The van der Waals surface area contributed by atoms with Crippen LogP contribution < -0.4 is 4.90 Å². The van der Waals surface area contributed by atoms with Crippen molar-refractivity contribution in [3.8, 4) is 0 Å². The Kier molecular flexibility index (Phi) is 3.58. The molecule has 2 atom stereocenters. The summed E-state index contributed by atoms with van der Waals surface area (Å²) in [4.78, 5) is 20.9. The van der Waals surface area contributed by atoms with Crippen molar-refractivity contribution in [2.45, 2.75) is 18.1 Å². The maximum absolute atomic E-state index is 12.3. The molecule has 1 aromatic carbocycles. The molecule has 0 N–H and O–H groups in total. The summed E-state index contributed by atoms with van der Waals surface area (Å²) < 4.78 is 5.99. The van der Waals surface area contributed by atoms with Crippen molar-refractivity contribution >= 4 is 22.4 Å². The number of amides is 1. The Bertz CT molecular complexity index is 691. The van der Waals surface area contributed by atoms with Crippen LogP contribution in [0.1, 0.15) is 12.0 Å². The molecule has 0 bridgehead atoms. The largest absolute Gasteiger partial charge is 0.364 e.